The van der Waals surface area contributed by atoms with Crippen LogP contribution >= 0.6 is 0 Å². The van der Waals surface area contributed by atoms with E-state index in [9.17, 15) is 0 Å². The van der Waals surface area contributed by atoms with Crippen LogP contribution in [0.5, 0.6) is 0 Å². The minimum absolute atomic E-state index is 0.342. The summed E-state index contributed by atoms with van der Waals surface area (Å²) >= 11 is 0. The largest absolute Gasteiger partial charge is 0.449 e. The van der Waals surface area contributed by atoms with Gasteiger partial charge in [0.1, 0.15) is 11.8 Å². The van der Waals surface area contributed by atoms with Crippen LogP contribution in [0.2, 0.25) is 0 Å². The summed E-state index contributed by atoms with van der Waals surface area (Å²) in [5, 5.41) is 14.4. The monoisotopic (exact) mass is 248 g/mol. The fourth-order valence-corrected chi connectivity index (χ4v) is 2.09. The number of hydrogen-bond donors (Lipinski definition) is 1. The smallest absolute Gasteiger partial charge is 0.203 e. The molecule has 0 saturated heterocycles. The molecule has 0 fully saturated rings. The fraction of sp³-hybridized carbons (Fsp3) is 0.0625. The lowest BCUT2D eigenvalue weighted by Crippen LogP contribution is -1.98. The second kappa shape index (κ2) is 4.87. The van der Waals surface area contributed by atoms with Crippen molar-refractivity contribution in [2.24, 2.45) is 0 Å². The summed E-state index contributed by atoms with van der Waals surface area (Å²) in [4.78, 5) is 0. The first-order valence-electron chi connectivity index (χ1n) is 6.07. The molecule has 0 amide bonds. The van der Waals surface area contributed by atoms with Gasteiger partial charge in [0.15, 0.2) is 0 Å². The summed E-state index contributed by atoms with van der Waals surface area (Å²) in [5.41, 5.74) is 1.06. The molecule has 0 spiro atoms. The van der Waals surface area contributed by atoms with Gasteiger partial charge in [-0.15, -0.1) is 0 Å². The molecule has 92 valence electrons. The fourth-order valence-electron chi connectivity index (χ4n) is 2.09. The molecular weight excluding hydrogens is 236 g/mol. The van der Waals surface area contributed by atoms with E-state index in [4.69, 9.17) is 9.68 Å². The molecule has 3 heteroatoms. The van der Waals surface area contributed by atoms with E-state index in [1.54, 1.807) is 6.07 Å². The molecule has 0 aliphatic heterocycles. The average molecular weight is 248 g/mol. The molecule has 1 N–H and O–H groups in total. The van der Waals surface area contributed by atoms with Crippen molar-refractivity contribution in [1.82, 2.24) is 0 Å². The van der Waals surface area contributed by atoms with Crippen LogP contribution in [0.1, 0.15) is 11.5 Å². The van der Waals surface area contributed by atoms with Crippen LogP contribution in [0.25, 0.3) is 10.8 Å². The molecular formula is C16H12N2O. The van der Waals surface area contributed by atoms with E-state index >= 15 is 0 Å². The Balaban J connectivity index is 1.84. The Bertz CT molecular complexity index is 747. The Kier molecular flexibility index (Phi) is 2.91. The minimum Gasteiger partial charge on any atom is -0.449 e. The molecule has 1 aromatic heterocycles. The zero-order valence-electron chi connectivity index (χ0n) is 10.3. The van der Waals surface area contributed by atoms with Crippen LogP contribution in [0, 0.1) is 11.3 Å². The zero-order valence-corrected chi connectivity index (χ0v) is 10.3. The molecule has 0 aliphatic carbocycles. The molecule has 2 aromatic carbocycles. The van der Waals surface area contributed by atoms with Gasteiger partial charge in [0.2, 0.25) is 5.76 Å². The van der Waals surface area contributed by atoms with Crippen molar-refractivity contribution in [3.05, 3.63) is 66.1 Å². The highest BCUT2D eigenvalue weighted by molar-refractivity contribution is 5.93. The van der Waals surface area contributed by atoms with Crippen molar-refractivity contribution in [1.29, 1.82) is 5.26 Å². The molecule has 1 heterocycles. The number of nitriles is 1. The van der Waals surface area contributed by atoms with Crippen LogP contribution < -0.4 is 5.32 Å². The van der Waals surface area contributed by atoms with Crippen LogP contribution in [-0.2, 0) is 6.54 Å². The summed E-state index contributed by atoms with van der Waals surface area (Å²) in [5.74, 6) is 1.10. The topological polar surface area (TPSA) is 49.0 Å². The Morgan fingerprint density at radius 2 is 1.84 bits per heavy atom. The average Bonchev–Trinajstić information content (AvgIpc) is 2.93. The molecule has 0 aliphatic rings. The lowest BCUT2D eigenvalue weighted by molar-refractivity contribution is 0.506. The molecule has 3 nitrogen and oxygen atoms in total. The number of fused-ring (bicyclic) bond motifs is 1. The highest BCUT2D eigenvalue weighted by atomic mass is 16.3. The van der Waals surface area contributed by atoms with E-state index in [1.165, 1.54) is 10.8 Å². The molecule has 0 saturated carbocycles. The van der Waals surface area contributed by atoms with Gasteiger partial charge in [0.25, 0.3) is 0 Å². The van der Waals surface area contributed by atoms with Gasteiger partial charge in [-0.1, -0.05) is 36.4 Å². The van der Waals surface area contributed by atoms with Crippen LogP contribution in [-0.4, -0.2) is 0 Å². The summed E-state index contributed by atoms with van der Waals surface area (Å²) in [6, 6.07) is 19.8. The number of nitrogens with zero attached hydrogens (tertiary/aromatic N) is 1. The van der Waals surface area contributed by atoms with Crippen LogP contribution in [0.15, 0.2) is 59.0 Å². The van der Waals surface area contributed by atoms with Crippen LogP contribution in [0.3, 0.4) is 0 Å². The number of nitrogens with one attached hydrogen (secondary N) is 1. The van der Waals surface area contributed by atoms with Crippen LogP contribution in [0.4, 0.5) is 5.69 Å². The van der Waals surface area contributed by atoms with Crippen molar-refractivity contribution >= 4 is 16.5 Å². The Labute approximate surface area is 111 Å². The quantitative estimate of drug-likeness (QED) is 0.764. The number of anilines is 1. The third-order valence-corrected chi connectivity index (χ3v) is 3.01. The normalized spacial score (nSPS) is 10.3. The highest BCUT2D eigenvalue weighted by Gasteiger charge is 2.03. The van der Waals surface area contributed by atoms with Gasteiger partial charge in [0.05, 0.1) is 6.54 Å². The van der Waals surface area contributed by atoms with Gasteiger partial charge in [-0.25, -0.2) is 0 Å². The predicted octanol–water partition coefficient (Wildman–Crippen LogP) is 3.92. The number of benzene rings is 2. The van der Waals surface area contributed by atoms with E-state index in [0.717, 1.165) is 11.4 Å². The van der Waals surface area contributed by atoms with Crippen molar-refractivity contribution in [3.63, 3.8) is 0 Å². The van der Waals surface area contributed by atoms with Crippen molar-refractivity contribution < 1.29 is 4.42 Å². The Morgan fingerprint density at radius 1 is 1.00 bits per heavy atom. The first kappa shape index (κ1) is 11.4. The first-order chi connectivity index (χ1) is 9.36. The lowest BCUT2D eigenvalue weighted by Gasteiger charge is -2.08. The molecule has 0 unspecified atom stereocenters. The summed E-state index contributed by atoms with van der Waals surface area (Å²) in [6.07, 6.45) is 0. The van der Waals surface area contributed by atoms with E-state index in [0.29, 0.717) is 12.3 Å². The van der Waals surface area contributed by atoms with E-state index in [1.807, 2.05) is 36.4 Å². The summed E-state index contributed by atoms with van der Waals surface area (Å²) in [6.45, 7) is 0.565. The number of furan rings is 1. The van der Waals surface area contributed by atoms with Crippen molar-refractivity contribution in [2.45, 2.75) is 6.54 Å². The van der Waals surface area contributed by atoms with Crippen molar-refractivity contribution in [2.75, 3.05) is 5.32 Å². The minimum atomic E-state index is 0.342. The van der Waals surface area contributed by atoms with Gasteiger partial charge in [-0.05, 0) is 23.6 Å². The Morgan fingerprint density at radius 3 is 2.68 bits per heavy atom. The first-order valence-corrected chi connectivity index (χ1v) is 6.07. The number of hydrogen-bond acceptors (Lipinski definition) is 3. The maximum Gasteiger partial charge on any atom is 0.203 e. The molecule has 3 aromatic rings. The van der Waals surface area contributed by atoms with E-state index in [2.05, 4.69) is 23.5 Å². The molecule has 19 heavy (non-hydrogen) atoms. The zero-order chi connectivity index (χ0) is 13.1. The SMILES string of the molecule is N#Cc1ccc(CNc2cccc3ccccc23)o1. The van der Waals surface area contributed by atoms with Gasteiger partial charge >= 0.3 is 0 Å². The van der Waals surface area contributed by atoms with Crippen molar-refractivity contribution in [3.8, 4) is 6.07 Å². The maximum atomic E-state index is 8.71. The molecule has 0 atom stereocenters. The predicted molar refractivity (Wildman–Crippen MR) is 74.7 cm³/mol. The lowest BCUT2D eigenvalue weighted by atomic mass is 10.1. The molecule has 3 rings (SSSR count). The number of rotatable bonds is 3. The second-order valence-corrected chi connectivity index (χ2v) is 4.26. The third-order valence-electron chi connectivity index (χ3n) is 3.01. The third kappa shape index (κ3) is 2.29. The Hall–Kier alpha value is -2.73. The summed E-state index contributed by atoms with van der Waals surface area (Å²) < 4.78 is 5.34. The van der Waals surface area contributed by atoms with Gasteiger partial charge in [0, 0.05) is 11.1 Å². The summed E-state index contributed by atoms with van der Waals surface area (Å²) in [7, 11) is 0. The highest BCUT2D eigenvalue weighted by Crippen LogP contribution is 2.23. The van der Waals surface area contributed by atoms with E-state index < -0.39 is 0 Å². The standard InChI is InChI=1S/C16H12N2O/c17-10-13-8-9-14(19-13)11-18-16-7-3-5-12-4-1-2-6-15(12)16/h1-9,18H,11H2. The second-order valence-electron chi connectivity index (χ2n) is 4.26. The maximum absolute atomic E-state index is 8.71. The van der Waals surface area contributed by atoms with Gasteiger partial charge in [-0.2, -0.15) is 5.26 Å². The van der Waals surface area contributed by atoms with Gasteiger partial charge < -0.3 is 9.73 Å². The van der Waals surface area contributed by atoms with Gasteiger partial charge in [-0.3, -0.25) is 0 Å². The van der Waals surface area contributed by atoms with E-state index in [-0.39, 0.29) is 0 Å². The molecule has 0 bridgehead atoms. The molecule has 0 radical (unpaired) electrons.